The van der Waals surface area contributed by atoms with Crippen LogP contribution in [-0.2, 0) is 11.3 Å². The smallest absolute Gasteiger partial charge is 0.122 e. The Labute approximate surface area is 151 Å². The van der Waals surface area contributed by atoms with Crippen LogP contribution in [0.5, 0.6) is 5.75 Å². The van der Waals surface area contributed by atoms with Gasteiger partial charge in [-0.3, -0.25) is 4.90 Å². The van der Waals surface area contributed by atoms with Crippen LogP contribution in [0.25, 0.3) is 0 Å². The molecule has 1 N–H and O–H groups in total. The lowest BCUT2D eigenvalue weighted by molar-refractivity contribution is 0.0540. The first-order chi connectivity index (χ1) is 12.1. The molecule has 4 heteroatoms. The minimum atomic E-state index is -0.554. The second-order valence-electron chi connectivity index (χ2n) is 6.45. The van der Waals surface area contributed by atoms with Gasteiger partial charge in [0.15, 0.2) is 0 Å². The summed E-state index contributed by atoms with van der Waals surface area (Å²) >= 11 is 0. The molecule has 136 valence electrons. The fourth-order valence-corrected chi connectivity index (χ4v) is 2.78. The van der Waals surface area contributed by atoms with Crippen LogP contribution in [0.2, 0.25) is 0 Å². The van der Waals surface area contributed by atoms with Gasteiger partial charge in [-0.15, -0.1) is 0 Å². The normalized spacial score (nSPS) is 12.4. The molecule has 0 bridgehead atoms. The van der Waals surface area contributed by atoms with E-state index in [-0.39, 0.29) is 6.61 Å². The molecule has 0 amide bonds. The average Bonchev–Trinajstić information content (AvgIpc) is 2.59. The standard InChI is InChI=1S/C21H29NO3/c1-17-7-6-9-19(13-17)14-22(11-12-24-3)15-20(23)16-25-21-10-5-4-8-18(21)2/h4-10,13,20,23H,11-12,14-16H2,1-3H3. The van der Waals surface area contributed by atoms with Gasteiger partial charge in [0.2, 0.25) is 0 Å². The zero-order chi connectivity index (χ0) is 18.1. The molecule has 1 unspecified atom stereocenters. The van der Waals surface area contributed by atoms with Gasteiger partial charge in [0.25, 0.3) is 0 Å². The van der Waals surface area contributed by atoms with E-state index < -0.39 is 6.10 Å². The second-order valence-corrected chi connectivity index (χ2v) is 6.45. The predicted octanol–water partition coefficient (Wildman–Crippen LogP) is 3.19. The third-order valence-electron chi connectivity index (χ3n) is 4.09. The summed E-state index contributed by atoms with van der Waals surface area (Å²) in [6.45, 7) is 7.11. The van der Waals surface area contributed by atoms with Crippen molar-refractivity contribution in [2.24, 2.45) is 0 Å². The maximum Gasteiger partial charge on any atom is 0.122 e. The van der Waals surface area contributed by atoms with Crippen LogP contribution < -0.4 is 4.74 Å². The maximum absolute atomic E-state index is 10.4. The number of benzene rings is 2. The topological polar surface area (TPSA) is 41.9 Å². The van der Waals surface area contributed by atoms with E-state index in [4.69, 9.17) is 9.47 Å². The molecule has 0 aromatic heterocycles. The van der Waals surface area contributed by atoms with E-state index in [1.54, 1.807) is 7.11 Å². The van der Waals surface area contributed by atoms with Crippen molar-refractivity contribution in [1.29, 1.82) is 0 Å². The van der Waals surface area contributed by atoms with E-state index >= 15 is 0 Å². The Balaban J connectivity index is 1.90. The Bertz CT molecular complexity index is 645. The van der Waals surface area contributed by atoms with E-state index in [9.17, 15) is 5.11 Å². The van der Waals surface area contributed by atoms with E-state index in [1.807, 2.05) is 31.2 Å². The van der Waals surface area contributed by atoms with E-state index in [2.05, 4.69) is 36.1 Å². The van der Waals surface area contributed by atoms with Crippen molar-refractivity contribution in [2.75, 3.05) is 33.4 Å². The van der Waals surface area contributed by atoms with Crippen molar-refractivity contribution in [3.8, 4) is 5.75 Å². The van der Waals surface area contributed by atoms with Crippen LogP contribution >= 0.6 is 0 Å². The highest BCUT2D eigenvalue weighted by Gasteiger charge is 2.13. The maximum atomic E-state index is 10.4. The summed E-state index contributed by atoms with van der Waals surface area (Å²) in [7, 11) is 1.70. The lowest BCUT2D eigenvalue weighted by Gasteiger charge is -2.25. The van der Waals surface area contributed by atoms with Crippen LogP contribution in [0.15, 0.2) is 48.5 Å². The SMILES string of the molecule is COCCN(Cc1cccc(C)c1)CC(O)COc1ccccc1C. The van der Waals surface area contributed by atoms with Gasteiger partial charge in [0.1, 0.15) is 18.5 Å². The number of aliphatic hydroxyl groups is 1. The number of nitrogens with zero attached hydrogens (tertiary/aromatic N) is 1. The molecule has 25 heavy (non-hydrogen) atoms. The highest BCUT2D eigenvalue weighted by molar-refractivity contribution is 5.31. The Kier molecular flexibility index (Phi) is 7.92. The molecule has 0 radical (unpaired) electrons. The van der Waals surface area contributed by atoms with Crippen LogP contribution in [0, 0.1) is 13.8 Å². The average molecular weight is 343 g/mol. The van der Waals surface area contributed by atoms with Crippen molar-refractivity contribution in [3.05, 3.63) is 65.2 Å². The van der Waals surface area contributed by atoms with Crippen molar-refractivity contribution < 1.29 is 14.6 Å². The first kappa shape index (κ1) is 19.4. The van der Waals surface area contributed by atoms with Gasteiger partial charge in [0.05, 0.1) is 6.61 Å². The molecule has 0 saturated heterocycles. The number of ether oxygens (including phenoxy) is 2. The van der Waals surface area contributed by atoms with E-state index in [0.717, 1.165) is 24.4 Å². The summed E-state index contributed by atoms with van der Waals surface area (Å²) in [5.41, 5.74) is 3.56. The number of rotatable bonds is 10. The molecule has 2 aromatic rings. The van der Waals surface area contributed by atoms with Gasteiger partial charge >= 0.3 is 0 Å². The number of para-hydroxylation sites is 1. The summed E-state index contributed by atoms with van der Waals surface area (Å²) in [5, 5.41) is 10.4. The molecule has 2 rings (SSSR count). The molecule has 0 spiro atoms. The van der Waals surface area contributed by atoms with Gasteiger partial charge in [-0.1, -0.05) is 48.0 Å². The first-order valence-electron chi connectivity index (χ1n) is 8.72. The van der Waals surface area contributed by atoms with Crippen molar-refractivity contribution in [2.45, 2.75) is 26.5 Å². The molecular formula is C21H29NO3. The molecule has 0 fully saturated rings. The highest BCUT2D eigenvalue weighted by atomic mass is 16.5. The van der Waals surface area contributed by atoms with Gasteiger partial charge in [0, 0.05) is 26.7 Å². The Morgan fingerprint density at radius 2 is 1.88 bits per heavy atom. The van der Waals surface area contributed by atoms with Gasteiger partial charge in [-0.05, 0) is 31.0 Å². The molecule has 0 aliphatic carbocycles. The Morgan fingerprint density at radius 1 is 1.08 bits per heavy atom. The molecule has 2 aromatic carbocycles. The lowest BCUT2D eigenvalue weighted by atomic mass is 10.1. The number of hydrogen-bond donors (Lipinski definition) is 1. The van der Waals surface area contributed by atoms with Gasteiger partial charge < -0.3 is 14.6 Å². The predicted molar refractivity (Wildman–Crippen MR) is 101 cm³/mol. The minimum Gasteiger partial charge on any atom is -0.491 e. The minimum absolute atomic E-state index is 0.280. The monoisotopic (exact) mass is 343 g/mol. The van der Waals surface area contributed by atoms with Crippen LogP contribution in [-0.4, -0.2) is 49.5 Å². The largest absolute Gasteiger partial charge is 0.491 e. The fraction of sp³-hybridized carbons (Fsp3) is 0.429. The quantitative estimate of drug-likeness (QED) is 0.719. The Morgan fingerprint density at radius 3 is 2.60 bits per heavy atom. The summed E-state index contributed by atoms with van der Waals surface area (Å²) in [5.74, 6) is 0.823. The van der Waals surface area contributed by atoms with Crippen LogP contribution in [0.4, 0.5) is 0 Å². The summed E-state index contributed by atoms with van der Waals surface area (Å²) in [6.07, 6.45) is -0.554. The van der Waals surface area contributed by atoms with Crippen LogP contribution in [0.3, 0.4) is 0 Å². The van der Waals surface area contributed by atoms with Crippen LogP contribution in [0.1, 0.15) is 16.7 Å². The molecule has 0 saturated carbocycles. The summed E-state index contributed by atoms with van der Waals surface area (Å²) < 4.78 is 11.0. The second kappa shape index (κ2) is 10.2. The number of methoxy groups -OCH3 is 1. The molecular weight excluding hydrogens is 314 g/mol. The van der Waals surface area contributed by atoms with E-state index in [0.29, 0.717) is 13.2 Å². The van der Waals surface area contributed by atoms with Gasteiger partial charge in [-0.25, -0.2) is 0 Å². The molecule has 0 heterocycles. The summed E-state index contributed by atoms with van der Waals surface area (Å²) in [6, 6.07) is 16.3. The molecule has 0 aliphatic rings. The van der Waals surface area contributed by atoms with Crippen molar-refractivity contribution >= 4 is 0 Å². The van der Waals surface area contributed by atoms with Crippen molar-refractivity contribution in [1.82, 2.24) is 4.90 Å². The third-order valence-corrected chi connectivity index (χ3v) is 4.09. The van der Waals surface area contributed by atoms with E-state index in [1.165, 1.54) is 11.1 Å². The fourth-order valence-electron chi connectivity index (χ4n) is 2.78. The van der Waals surface area contributed by atoms with Crippen molar-refractivity contribution in [3.63, 3.8) is 0 Å². The zero-order valence-corrected chi connectivity index (χ0v) is 15.4. The Hall–Kier alpha value is -1.88. The molecule has 1 atom stereocenters. The molecule has 0 aliphatic heterocycles. The first-order valence-corrected chi connectivity index (χ1v) is 8.72. The molecule has 4 nitrogen and oxygen atoms in total. The number of aliphatic hydroxyl groups excluding tert-OH is 1. The zero-order valence-electron chi connectivity index (χ0n) is 15.4. The lowest BCUT2D eigenvalue weighted by Crippen LogP contribution is -2.37. The third kappa shape index (κ3) is 6.86. The number of aryl methyl sites for hydroxylation is 2. The summed E-state index contributed by atoms with van der Waals surface area (Å²) in [4.78, 5) is 2.20. The number of hydrogen-bond acceptors (Lipinski definition) is 4. The van der Waals surface area contributed by atoms with Gasteiger partial charge in [-0.2, -0.15) is 0 Å². The highest BCUT2D eigenvalue weighted by Crippen LogP contribution is 2.16.